The van der Waals surface area contributed by atoms with E-state index in [1.807, 2.05) is 4.90 Å². The highest BCUT2D eigenvalue weighted by atomic mass is 32.1. The molecule has 0 spiro atoms. The minimum atomic E-state index is -0.369. The lowest BCUT2D eigenvalue weighted by atomic mass is 10.1. The van der Waals surface area contributed by atoms with E-state index in [0.717, 1.165) is 25.9 Å². The molecular formula is C20H24FN5O2S2. The summed E-state index contributed by atoms with van der Waals surface area (Å²) in [5, 5.41) is 5.26. The summed E-state index contributed by atoms with van der Waals surface area (Å²) in [5.41, 5.74) is 0.906. The van der Waals surface area contributed by atoms with Crippen molar-refractivity contribution in [2.24, 2.45) is 0 Å². The molecule has 2 fully saturated rings. The van der Waals surface area contributed by atoms with Gasteiger partial charge in [-0.3, -0.25) is 19.4 Å². The SMILES string of the molecule is CC(=O)c1ccc(N2CCN(Cn3nc(N(C(C)=O)C4CC4)sc3=S)CC2)c(F)c1. The van der Waals surface area contributed by atoms with Gasteiger partial charge in [-0.15, -0.1) is 5.10 Å². The second kappa shape index (κ2) is 8.52. The predicted molar refractivity (Wildman–Crippen MR) is 117 cm³/mol. The molecule has 10 heteroatoms. The van der Waals surface area contributed by atoms with Crippen molar-refractivity contribution in [3.63, 3.8) is 0 Å². The van der Waals surface area contributed by atoms with Gasteiger partial charge in [0, 0.05) is 44.7 Å². The van der Waals surface area contributed by atoms with Crippen molar-refractivity contribution < 1.29 is 14.0 Å². The van der Waals surface area contributed by atoms with Crippen LogP contribution in [0, 0.1) is 9.77 Å². The number of nitrogens with zero attached hydrogens (tertiary/aromatic N) is 5. The minimum absolute atomic E-state index is 0.000155. The number of carbonyl (C=O) groups is 2. The molecule has 1 saturated heterocycles. The number of anilines is 2. The van der Waals surface area contributed by atoms with Gasteiger partial charge in [-0.05, 0) is 50.2 Å². The summed E-state index contributed by atoms with van der Waals surface area (Å²) >= 11 is 6.84. The Bertz CT molecular complexity index is 1020. The Morgan fingerprint density at radius 1 is 1.23 bits per heavy atom. The Kier molecular flexibility index (Phi) is 5.99. The molecule has 1 saturated carbocycles. The molecule has 2 aliphatic rings. The number of aromatic nitrogens is 2. The Balaban J connectivity index is 1.39. The Morgan fingerprint density at radius 3 is 2.50 bits per heavy atom. The first-order valence-electron chi connectivity index (χ1n) is 9.99. The molecule has 160 valence electrons. The third-order valence-electron chi connectivity index (χ3n) is 5.45. The van der Waals surface area contributed by atoms with Gasteiger partial charge < -0.3 is 4.90 Å². The van der Waals surface area contributed by atoms with Crippen molar-refractivity contribution in [2.45, 2.75) is 39.4 Å². The van der Waals surface area contributed by atoms with Crippen molar-refractivity contribution in [1.82, 2.24) is 14.7 Å². The molecule has 0 atom stereocenters. The average molecular weight is 450 g/mol. The Morgan fingerprint density at radius 2 is 1.93 bits per heavy atom. The monoisotopic (exact) mass is 449 g/mol. The standard InChI is InChI=1S/C20H24FN5O2S2/c1-13(27)15-3-6-18(17(21)11-15)24-9-7-23(8-10-24)12-25-20(29)30-19(22-25)26(14(2)28)16-4-5-16/h3,6,11,16H,4-5,7-10,12H2,1-2H3. The maximum atomic E-state index is 14.4. The molecular weight excluding hydrogens is 425 g/mol. The number of benzene rings is 1. The van der Waals surface area contributed by atoms with Crippen LogP contribution < -0.4 is 9.80 Å². The third-order valence-corrected chi connectivity index (χ3v) is 6.76. The fourth-order valence-electron chi connectivity index (χ4n) is 3.66. The van der Waals surface area contributed by atoms with Gasteiger partial charge in [0.1, 0.15) is 5.82 Å². The van der Waals surface area contributed by atoms with Crippen LogP contribution in [0.2, 0.25) is 0 Å². The van der Waals surface area contributed by atoms with Gasteiger partial charge >= 0.3 is 0 Å². The Labute approximate surface area is 183 Å². The van der Waals surface area contributed by atoms with Gasteiger partial charge in [0.05, 0.1) is 12.4 Å². The molecule has 7 nitrogen and oxygen atoms in total. The number of carbonyl (C=O) groups excluding carboxylic acids is 2. The smallest absolute Gasteiger partial charge is 0.225 e. The van der Waals surface area contributed by atoms with Crippen molar-refractivity contribution in [2.75, 3.05) is 36.0 Å². The van der Waals surface area contributed by atoms with E-state index in [1.165, 1.54) is 24.3 Å². The number of hydrogen-bond acceptors (Lipinski definition) is 7. The predicted octanol–water partition coefficient (Wildman–Crippen LogP) is 3.31. The maximum Gasteiger partial charge on any atom is 0.225 e. The first-order valence-corrected chi connectivity index (χ1v) is 11.2. The van der Waals surface area contributed by atoms with Crippen LogP contribution in [0.1, 0.15) is 37.0 Å². The molecule has 2 aromatic rings. The van der Waals surface area contributed by atoms with Gasteiger partial charge in [0.25, 0.3) is 0 Å². The van der Waals surface area contributed by atoms with Gasteiger partial charge in [0.2, 0.25) is 11.0 Å². The lowest BCUT2D eigenvalue weighted by Crippen LogP contribution is -2.47. The first-order chi connectivity index (χ1) is 14.3. The van der Waals surface area contributed by atoms with Crippen molar-refractivity contribution in [3.8, 4) is 0 Å². The fraction of sp³-hybridized carbons (Fsp3) is 0.500. The lowest BCUT2D eigenvalue weighted by Gasteiger charge is -2.36. The van der Waals surface area contributed by atoms with E-state index in [9.17, 15) is 14.0 Å². The fourth-order valence-corrected chi connectivity index (χ4v) is 4.86. The number of piperazine rings is 1. The number of amides is 1. The average Bonchev–Trinajstić information content (AvgIpc) is 3.46. The van der Waals surface area contributed by atoms with Crippen LogP contribution in [0.3, 0.4) is 0 Å². The largest absolute Gasteiger partial charge is 0.367 e. The van der Waals surface area contributed by atoms with Crippen LogP contribution in [-0.4, -0.2) is 58.6 Å². The molecule has 0 radical (unpaired) electrons. The van der Waals surface area contributed by atoms with E-state index in [0.29, 0.717) is 40.1 Å². The normalized spacial score (nSPS) is 17.2. The molecule has 4 rings (SSSR count). The van der Waals surface area contributed by atoms with E-state index < -0.39 is 0 Å². The summed E-state index contributed by atoms with van der Waals surface area (Å²) in [6.07, 6.45) is 2.02. The Hall–Kier alpha value is -2.17. The van der Waals surface area contributed by atoms with Crippen LogP contribution in [0.25, 0.3) is 0 Å². The second-order valence-corrected chi connectivity index (χ2v) is 9.34. The molecule has 1 amide bonds. The summed E-state index contributed by atoms with van der Waals surface area (Å²) in [5.74, 6) is -0.513. The molecule has 2 heterocycles. The molecule has 30 heavy (non-hydrogen) atoms. The van der Waals surface area contributed by atoms with Crippen LogP contribution in [0.5, 0.6) is 0 Å². The molecule has 1 aromatic carbocycles. The summed E-state index contributed by atoms with van der Waals surface area (Å²) in [4.78, 5) is 29.4. The maximum absolute atomic E-state index is 14.4. The van der Waals surface area contributed by atoms with E-state index in [4.69, 9.17) is 12.2 Å². The molecule has 1 aliphatic heterocycles. The van der Waals surface area contributed by atoms with Gasteiger partial charge in [-0.2, -0.15) is 0 Å². The number of Topliss-reactive ketones (excluding diaryl/α,β-unsaturated/α-hetero) is 1. The van der Waals surface area contributed by atoms with E-state index >= 15 is 0 Å². The zero-order chi connectivity index (χ0) is 21.4. The second-order valence-electron chi connectivity index (χ2n) is 7.74. The van der Waals surface area contributed by atoms with E-state index in [-0.39, 0.29) is 23.5 Å². The highest BCUT2D eigenvalue weighted by molar-refractivity contribution is 7.73. The lowest BCUT2D eigenvalue weighted by molar-refractivity contribution is -0.116. The summed E-state index contributed by atoms with van der Waals surface area (Å²) in [6, 6.07) is 4.91. The summed E-state index contributed by atoms with van der Waals surface area (Å²) in [6.45, 7) is 6.36. The molecule has 0 unspecified atom stereocenters. The third kappa shape index (κ3) is 4.45. The molecule has 1 aliphatic carbocycles. The van der Waals surface area contributed by atoms with Crippen LogP contribution in [0.15, 0.2) is 18.2 Å². The quantitative estimate of drug-likeness (QED) is 0.498. The highest BCUT2D eigenvalue weighted by Gasteiger charge is 2.34. The number of hydrogen-bond donors (Lipinski definition) is 0. The number of rotatable bonds is 6. The highest BCUT2D eigenvalue weighted by Crippen LogP contribution is 2.33. The van der Waals surface area contributed by atoms with Crippen molar-refractivity contribution in [1.29, 1.82) is 0 Å². The van der Waals surface area contributed by atoms with Gasteiger partial charge in [0.15, 0.2) is 9.74 Å². The van der Waals surface area contributed by atoms with E-state index in [1.54, 1.807) is 28.6 Å². The van der Waals surface area contributed by atoms with Crippen LogP contribution in [0.4, 0.5) is 15.2 Å². The zero-order valence-corrected chi connectivity index (χ0v) is 18.6. The molecule has 0 bridgehead atoms. The zero-order valence-electron chi connectivity index (χ0n) is 17.0. The minimum Gasteiger partial charge on any atom is -0.367 e. The van der Waals surface area contributed by atoms with Crippen molar-refractivity contribution in [3.05, 3.63) is 33.5 Å². The van der Waals surface area contributed by atoms with Gasteiger partial charge in [-0.25, -0.2) is 9.07 Å². The van der Waals surface area contributed by atoms with Crippen LogP contribution in [-0.2, 0) is 11.5 Å². The van der Waals surface area contributed by atoms with E-state index in [2.05, 4.69) is 10.00 Å². The summed E-state index contributed by atoms with van der Waals surface area (Å²) < 4.78 is 16.9. The first kappa shape index (κ1) is 21.1. The topological polar surface area (TPSA) is 61.7 Å². The van der Waals surface area contributed by atoms with Gasteiger partial charge in [-0.1, -0.05) is 11.3 Å². The summed E-state index contributed by atoms with van der Waals surface area (Å²) in [7, 11) is 0. The number of halogens is 1. The van der Waals surface area contributed by atoms with Crippen LogP contribution >= 0.6 is 23.6 Å². The number of ketones is 1. The molecule has 1 aromatic heterocycles. The van der Waals surface area contributed by atoms with Crippen molar-refractivity contribution >= 4 is 46.1 Å². The molecule has 0 N–H and O–H groups in total.